The highest BCUT2D eigenvalue weighted by atomic mass is 32.2. The maximum absolute atomic E-state index is 12.3. The number of nitrogens with one attached hydrogen (secondary N) is 2. The minimum absolute atomic E-state index is 0.0368. The van der Waals surface area contributed by atoms with E-state index in [1.54, 1.807) is 4.31 Å². The Morgan fingerprint density at radius 1 is 1.30 bits per heavy atom. The molecular formula is C14H31N3O2S. The molecule has 1 rings (SSSR count). The van der Waals surface area contributed by atoms with Gasteiger partial charge in [0.1, 0.15) is 0 Å². The van der Waals surface area contributed by atoms with Crippen LogP contribution in [-0.4, -0.2) is 45.4 Å². The van der Waals surface area contributed by atoms with Crippen LogP contribution < -0.4 is 10.0 Å². The van der Waals surface area contributed by atoms with Gasteiger partial charge in [0.25, 0.3) is 10.2 Å². The lowest BCUT2D eigenvalue weighted by molar-refractivity contribution is 0.256. The summed E-state index contributed by atoms with van der Waals surface area (Å²) in [5, 5.41) is 3.39. The molecular weight excluding hydrogens is 274 g/mol. The Labute approximate surface area is 124 Å². The molecule has 1 aliphatic heterocycles. The number of piperidine rings is 1. The summed E-state index contributed by atoms with van der Waals surface area (Å²) in [6.07, 6.45) is 3.18. The minimum Gasteiger partial charge on any atom is -0.316 e. The Bertz CT molecular complexity index is 376. The van der Waals surface area contributed by atoms with E-state index in [1.165, 1.54) is 0 Å². The Hall–Kier alpha value is -0.170. The van der Waals surface area contributed by atoms with E-state index < -0.39 is 10.2 Å². The zero-order valence-corrected chi connectivity index (χ0v) is 14.2. The van der Waals surface area contributed by atoms with E-state index in [0.717, 1.165) is 32.4 Å². The molecule has 1 saturated heterocycles. The second-order valence-corrected chi connectivity index (χ2v) is 8.71. The highest BCUT2D eigenvalue weighted by Gasteiger charge is 2.29. The molecule has 1 unspecified atom stereocenters. The molecule has 0 radical (unpaired) electrons. The topological polar surface area (TPSA) is 61.4 Å². The van der Waals surface area contributed by atoms with Crippen LogP contribution in [0.1, 0.15) is 47.0 Å². The van der Waals surface area contributed by atoms with Crippen LogP contribution in [0.4, 0.5) is 0 Å². The quantitative estimate of drug-likeness (QED) is 0.702. The first-order valence-electron chi connectivity index (χ1n) is 7.70. The van der Waals surface area contributed by atoms with Gasteiger partial charge in [0.15, 0.2) is 0 Å². The molecule has 6 heteroatoms. The van der Waals surface area contributed by atoms with E-state index in [0.29, 0.717) is 25.6 Å². The van der Waals surface area contributed by atoms with Crippen molar-refractivity contribution in [2.45, 2.75) is 47.0 Å². The molecule has 0 aromatic carbocycles. The lowest BCUT2D eigenvalue weighted by Crippen LogP contribution is -2.49. The van der Waals surface area contributed by atoms with E-state index in [-0.39, 0.29) is 5.41 Å². The molecule has 5 nitrogen and oxygen atoms in total. The van der Waals surface area contributed by atoms with E-state index in [1.807, 2.05) is 20.8 Å². The van der Waals surface area contributed by atoms with Gasteiger partial charge >= 0.3 is 0 Å². The molecule has 20 heavy (non-hydrogen) atoms. The van der Waals surface area contributed by atoms with Crippen molar-refractivity contribution in [1.82, 2.24) is 14.3 Å². The second kappa shape index (κ2) is 7.73. The van der Waals surface area contributed by atoms with Gasteiger partial charge in [0.2, 0.25) is 0 Å². The molecule has 0 aromatic heterocycles. The van der Waals surface area contributed by atoms with E-state index in [2.05, 4.69) is 17.0 Å². The van der Waals surface area contributed by atoms with Gasteiger partial charge in [-0.1, -0.05) is 27.7 Å². The Kier molecular flexibility index (Phi) is 6.91. The molecule has 0 aromatic rings. The largest absolute Gasteiger partial charge is 0.316 e. The first-order chi connectivity index (χ1) is 9.24. The van der Waals surface area contributed by atoms with Gasteiger partial charge in [-0.25, -0.2) is 4.72 Å². The smallest absolute Gasteiger partial charge is 0.279 e. The van der Waals surface area contributed by atoms with Crippen molar-refractivity contribution < 1.29 is 8.42 Å². The standard InChI is InChI=1S/C14H31N3O2S/c1-5-8-15-10-13-7-6-9-17(11-13)20(18,19)16-12-14(2,3)4/h13,15-16H,5-12H2,1-4H3. The van der Waals surface area contributed by atoms with Gasteiger partial charge in [0.05, 0.1) is 0 Å². The minimum atomic E-state index is -3.32. The third-order valence-electron chi connectivity index (χ3n) is 3.47. The van der Waals surface area contributed by atoms with E-state index in [4.69, 9.17) is 0 Å². The average Bonchev–Trinajstić information content (AvgIpc) is 2.37. The highest BCUT2D eigenvalue weighted by Crippen LogP contribution is 2.19. The first kappa shape index (κ1) is 17.9. The summed E-state index contributed by atoms with van der Waals surface area (Å²) in [5.74, 6) is 0.432. The van der Waals surface area contributed by atoms with E-state index in [9.17, 15) is 8.42 Å². The van der Waals surface area contributed by atoms with Crippen molar-refractivity contribution in [2.75, 3.05) is 32.7 Å². The normalized spacial score (nSPS) is 22.1. The van der Waals surface area contributed by atoms with Crippen LogP contribution in [0.15, 0.2) is 0 Å². The number of nitrogens with zero attached hydrogens (tertiary/aromatic N) is 1. The van der Waals surface area contributed by atoms with Crippen LogP contribution in [0.2, 0.25) is 0 Å². The number of hydrogen-bond donors (Lipinski definition) is 2. The SMILES string of the molecule is CCCNCC1CCCN(S(=O)(=O)NCC(C)(C)C)C1. The lowest BCUT2D eigenvalue weighted by atomic mass is 9.98. The fourth-order valence-electron chi connectivity index (χ4n) is 2.29. The summed E-state index contributed by atoms with van der Waals surface area (Å²) in [6.45, 7) is 11.9. The first-order valence-corrected chi connectivity index (χ1v) is 9.14. The maximum Gasteiger partial charge on any atom is 0.279 e. The molecule has 0 aliphatic carbocycles. The highest BCUT2D eigenvalue weighted by molar-refractivity contribution is 7.87. The van der Waals surface area contributed by atoms with Crippen LogP contribution in [0, 0.1) is 11.3 Å². The second-order valence-electron chi connectivity index (χ2n) is 6.96. The van der Waals surface area contributed by atoms with Gasteiger partial charge < -0.3 is 5.32 Å². The molecule has 0 bridgehead atoms. The average molecular weight is 305 g/mol. The van der Waals surface area contributed by atoms with Crippen LogP contribution in [0.5, 0.6) is 0 Å². The summed E-state index contributed by atoms with van der Waals surface area (Å²) in [7, 11) is -3.32. The van der Waals surface area contributed by atoms with Crippen molar-refractivity contribution in [3.05, 3.63) is 0 Å². The van der Waals surface area contributed by atoms with Crippen molar-refractivity contribution >= 4 is 10.2 Å². The van der Waals surface area contributed by atoms with Crippen LogP contribution in [0.3, 0.4) is 0 Å². The molecule has 120 valence electrons. The van der Waals surface area contributed by atoms with Gasteiger partial charge in [-0.05, 0) is 43.7 Å². The van der Waals surface area contributed by atoms with Crippen LogP contribution >= 0.6 is 0 Å². The molecule has 2 N–H and O–H groups in total. The third-order valence-corrected chi connectivity index (χ3v) is 4.99. The Morgan fingerprint density at radius 2 is 2.00 bits per heavy atom. The summed E-state index contributed by atoms with van der Waals surface area (Å²) < 4.78 is 29.0. The summed E-state index contributed by atoms with van der Waals surface area (Å²) >= 11 is 0. The number of hydrogen-bond acceptors (Lipinski definition) is 3. The van der Waals surface area contributed by atoms with Crippen molar-refractivity contribution in [3.8, 4) is 0 Å². The predicted octanol–water partition coefficient (Wildman–Crippen LogP) is 1.58. The monoisotopic (exact) mass is 305 g/mol. The zero-order valence-electron chi connectivity index (χ0n) is 13.4. The molecule has 1 heterocycles. The zero-order chi connectivity index (χ0) is 15.2. The predicted molar refractivity (Wildman–Crippen MR) is 83.8 cm³/mol. The van der Waals surface area contributed by atoms with Crippen molar-refractivity contribution in [2.24, 2.45) is 11.3 Å². The molecule has 0 amide bonds. The summed E-state index contributed by atoms with van der Waals surface area (Å²) in [6, 6.07) is 0. The summed E-state index contributed by atoms with van der Waals surface area (Å²) in [4.78, 5) is 0. The van der Waals surface area contributed by atoms with Crippen molar-refractivity contribution in [1.29, 1.82) is 0 Å². The summed E-state index contributed by atoms with van der Waals surface area (Å²) in [5.41, 5.74) is -0.0368. The van der Waals surface area contributed by atoms with Gasteiger partial charge in [0, 0.05) is 19.6 Å². The molecule has 1 fully saturated rings. The fourth-order valence-corrected chi connectivity index (χ4v) is 3.87. The molecule has 0 spiro atoms. The molecule has 1 atom stereocenters. The van der Waals surface area contributed by atoms with Crippen LogP contribution in [-0.2, 0) is 10.2 Å². The fraction of sp³-hybridized carbons (Fsp3) is 1.00. The molecule has 0 saturated carbocycles. The lowest BCUT2D eigenvalue weighted by Gasteiger charge is -2.33. The van der Waals surface area contributed by atoms with E-state index >= 15 is 0 Å². The Morgan fingerprint density at radius 3 is 2.60 bits per heavy atom. The van der Waals surface area contributed by atoms with Gasteiger partial charge in [-0.2, -0.15) is 12.7 Å². The Balaban J connectivity index is 2.48. The molecule has 1 aliphatic rings. The van der Waals surface area contributed by atoms with Gasteiger partial charge in [-0.15, -0.1) is 0 Å². The van der Waals surface area contributed by atoms with Gasteiger partial charge in [-0.3, -0.25) is 0 Å². The number of rotatable bonds is 7. The van der Waals surface area contributed by atoms with Crippen molar-refractivity contribution in [3.63, 3.8) is 0 Å². The maximum atomic E-state index is 12.3. The van der Waals surface area contributed by atoms with Crippen LogP contribution in [0.25, 0.3) is 0 Å². The third kappa shape index (κ3) is 6.52.